The summed E-state index contributed by atoms with van der Waals surface area (Å²) in [6.45, 7) is 0. The Kier molecular flexibility index (Phi) is 2.87. The lowest BCUT2D eigenvalue weighted by atomic mass is 10.1. The number of allylic oxidation sites excluding steroid dienone is 1. The van der Waals surface area contributed by atoms with Gasteiger partial charge >= 0.3 is 0 Å². The zero-order chi connectivity index (χ0) is 13.4. The summed E-state index contributed by atoms with van der Waals surface area (Å²) in [6, 6.07) is 12.0. The van der Waals surface area contributed by atoms with Crippen LogP contribution in [-0.2, 0) is 0 Å². The molecular formula is C15H9BrO3. The minimum Gasteiger partial charge on any atom is -0.508 e. The molecule has 1 heterocycles. The molecule has 0 unspecified atom stereocenters. The van der Waals surface area contributed by atoms with Gasteiger partial charge in [0.15, 0.2) is 5.76 Å². The Hall–Kier alpha value is -2.07. The van der Waals surface area contributed by atoms with Crippen molar-refractivity contribution in [2.24, 2.45) is 0 Å². The van der Waals surface area contributed by atoms with Gasteiger partial charge in [-0.2, -0.15) is 0 Å². The van der Waals surface area contributed by atoms with E-state index in [9.17, 15) is 9.90 Å². The highest BCUT2D eigenvalue weighted by Gasteiger charge is 2.27. The largest absolute Gasteiger partial charge is 0.508 e. The highest BCUT2D eigenvalue weighted by molar-refractivity contribution is 9.10. The number of aromatic hydroxyl groups is 1. The molecule has 0 amide bonds. The minimum absolute atomic E-state index is 0.0789. The van der Waals surface area contributed by atoms with Crippen molar-refractivity contribution in [3.63, 3.8) is 0 Å². The summed E-state index contributed by atoms with van der Waals surface area (Å²) in [5.74, 6) is 0.565. The summed E-state index contributed by atoms with van der Waals surface area (Å²) in [6.07, 6.45) is 1.68. The van der Waals surface area contributed by atoms with Crippen LogP contribution in [0.3, 0.4) is 0 Å². The second kappa shape index (κ2) is 4.55. The van der Waals surface area contributed by atoms with Crippen molar-refractivity contribution in [1.82, 2.24) is 0 Å². The van der Waals surface area contributed by atoms with Gasteiger partial charge in [-0.05, 0) is 35.9 Å². The molecule has 94 valence electrons. The molecule has 1 aliphatic rings. The molecule has 0 radical (unpaired) electrons. The van der Waals surface area contributed by atoms with Gasteiger partial charge in [-0.3, -0.25) is 4.79 Å². The quantitative estimate of drug-likeness (QED) is 0.815. The van der Waals surface area contributed by atoms with Crippen molar-refractivity contribution in [3.05, 3.63) is 63.8 Å². The van der Waals surface area contributed by atoms with Crippen LogP contribution in [0.25, 0.3) is 6.08 Å². The standard InChI is InChI=1S/C15H9BrO3/c16-10-3-1-2-9(6-10)7-14-15(18)12-5-4-11(17)8-13(12)19-14/h1-8,17H/b14-7+. The van der Waals surface area contributed by atoms with Crippen molar-refractivity contribution in [1.29, 1.82) is 0 Å². The topological polar surface area (TPSA) is 46.5 Å². The Bertz CT molecular complexity index is 704. The van der Waals surface area contributed by atoms with Crippen LogP contribution in [-0.4, -0.2) is 10.9 Å². The lowest BCUT2D eigenvalue weighted by Crippen LogP contribution is -1.97. The number of carbonyl (C=O) groups is 1. The first-order valence-electron chi connectivity index (χ1n) is 5.66. The van der Waals surface area contributed by atoms with E-state index in [-0.39, 0.29) is 17.3 Å². The summed E-state index contributed by atoms with van der Waals surface area (Å²) < 4.78 is 6.41. The summed E-state index contributed by atoms with van der Waals surface area (Å²) in [4.78, 5) is 12.1. The maximum Gasteiger partial charge on any atom is 0.231 e. The maximum atomic E-state index is 12.1. The fourth-order valence-electron chi connectivity index (χ4n) is 1.92. The van der Waals surface area contributed by atoms with Crippen LogP contribution in [0.1, 0.15) is 15.9 Å². The lowest BCUT2D eigenvalue weighted by molar-refractivity contribution is 0.101. The number of benzene rings is 2. The Morgan fingerprint density at radius 3 is 2.79 bits per heavy atom. The van der Waals surface area contributed by atoms with Gasteiger partial charge in [0, 0.05) is 10.5 Å². The van der Waals surface area contributed by atoms with Gasteiger partial charge in [-0.1, -0.05) is 28.1 Å². The molecule has 0 spiro atoms. The number of ether oxygens (including phenoxy) is 1. The normalized spacial score (nSPS) is 15.4. The smallest absolute Gasteiger partial charge is 0.231 e. The molecule has 0 saturated carbocycles. The zero-order valence-corrected chi connectivity index (χ0v) is 11.3. The van der Waals surface area contributed by atoms with E-state index in [4.69, 9.17) is 4.74 Å². The van der Waals surface area contributed by atoms with Gasteiger partial charge in [-0.15, -0.1) is 0 Å². The van der Waals surface area contributed by atoms with Gasteiger partial charge in [0.2, 0.25) is 5.78 Å². The van der Waals surface area contributed by atoms with Crippen LogP contribution < -0.4 is 4.74 Å². The van der Waals surface area contributed by atoms with Crippen molar-refractivity contribution >= 4 is 27.8 Å². The molecule has 0 aliphatic carbocycles. The minimum atomic E-state index is -0.171. The highest BCUT2D eigenvalue weighted by atomic mass is 79.9. The molecule has 3 rings (SSSR count). The molecule has 0 fully saturated rings. The van der Waals surface area contributed by atoms with E-state index >= 15 is 0 Å². The fraction of sp³-hybridized carbons (Fsp3) is 0. The first kappa shape index (κ1) is 12.0. The second-order valence-corrected chi connectivity index (χ2v) is 5.09. The average Bonchev–Trinajstić information content (AvgIpc) is 2.66. The number of rotatable bonds is 1. The number of fused-ring (bicyclic) bond motifs is 1. The van der Waals surface area contributed by atoms with E-state index in [1.165, 1.54) is 12.1 Å². The molecule has 0 aromatic heterocycles. The fourth-order valence-corrected chi connectivity index (χ4v) is 2.34. The third kappa shape index (κ3) is 2.27. The van der Waals surface area contributed by atoms with Crippen molar-refractivity contribution in [2.45, 2.75) is 0 Å². The summed E-state index contributed by atoms with van der Waals surface area (Å²) in [7, 11) is 0. The highest BCUT2D eigenvalue weighted by Crippen LogP contribution is 2.34. The lowest BCUT2D eigenvalue weighted by Gasteiger charge is -1.99. The molecule has 1 N–H and O–H groups in total. The molecule has 4 heteroatoms. The van der Waals surface area contributed by atoms with Crippen LogP contribution in [0, 0.1) is 0 Å². The second-order valence-electron chi connectivity index (χ2n) is 4.18. The Labute approximate surface area is 118 Å². The number of halogens is 1. The average molecular weight is 317 g/mol. The van der Waals surface area contributed by atoms with E-state index < -0.39 is 0 Å². The molecule has 2 aromatic carbocycles. The predicted octanol–water partition coefficient (Wildman–Crippen LogP) is 3.77. The number of ketones is 1. The molecule has 1 aliphatic heterocycles. The number of phenols is 1. The number of Topliss-reactive ketones (excluding diaryl/α,β-unsaturated/α-hetero) is 1. The molecule has 0 saturated heterocycles. The molecule has 2 aromatic rings. The maximum absolute atomic E-state index is 12.1. The van der Waals surface area contributed by atoms with Gasteiger partial charge in [0.05, 0.1) is 5.56 Å². The summed E-state index contributed by atoms with van der Waals surface area (Å²) in [5, 5.41) is 9.38. The van der Waals surface area contributed by atoms with Gasteiger partial charge < -0.3 is 9.84 Å². The van der Waals surface area contributed by atoms with Crippen molar-refractivity contribution in [3.8, 4) is 11.5 Å². The molecule has 0 atom stereocenters. The van der Waals surface area contributed by atoms with E-state index in [2.05, 4.69) is 15.9 Å². The van der Waals surface area contributed by atoms with Crippen LogP contribution in [0.5, 0.6) is 11.5 Å². The third-order valence-electron chi connectivity index (χ3n) is 2.80. The Morgan fingerprint density at radius 2 is 2.00 bits per heavy atom. The third-order valence-corrected chi connectivity index (χ3v) is 3.29. The van der Waals surface area contributed by atoms with Crippen molar-refractivity contribution in [2.75, 3.05) is 0 Å². The number of carbonyl (C=O) groups excluding carboxylic acids is 1. The first-order valence-corrected chi connectivity index (χ1v) is 6.45. The van der Waals surface area contributed by atoms with Gasteiger partial charge in [0.1, 0.15) is 11.5 Å². The first-order chi connectivity index (χ1) is 9.13. The molecule has 19 heavy (non-hydrogen) atoms. The molecule has 3 nitrogen and oxygen atoms in total. The number of hydrogen-bond acceptors (Lipinski definition) is 3. The monoisotopic (exact) mass is 316 g/mol. The summed E-state index contributed by atoms with van der Waals surface area (Å²) in [5.41, 5.74) is 1.34. The SMILES string of the molecule is O=C1/C(=C\c2cccc(Br)c2)Oc2cc(O)ccc21. The van der Waals surface area contributed by atoms with Crippen LogP contribution >= 0.6 is 15.9 Å². The summed E-state index contributed by atoms with van der Waals surface area (Å²) >= 11 is 3.38. The number of phenolic OH excluding ortho intramolecular Hbond substituents is 1. The van der Waals surface area contributed by atoms with E-state index in [0.717, 1.165) is 10.0 Å². The predicted molar refractivity (Wildman–Crippen MR) is 75.2 cm³/mol. The van der Waals surface area contributed by atoms with Gasteiger partial charge in [0.25, 0.3) is 0 Å². The van der Waals surface area contributed by atoms with Crippen LogP contribution in [0.4, 0.5) is 0 Å². The van der Waals surface area contributed by atoms with Crippen LogP contribution in [0.15, 0.2) is 52.7 Å². The Balaban J connectivity index is 1.99. The van der Waals surface area contributed by atoms with Crippen molar-refractivity contribution < 1.29 is 14.6 Å². The molecule has 0 bridgehead atoms. The van der Waals surface area contributed by atoms with E-state index in [1.54, 1.807) is 12.1 Å². The Morgan fingerprint density at radius 1 is 1.16 bits per heavy atom. The van der Waals surface area contributed by atoms with E-state index in [0.29, 0.717) is 11.3 Å². The van der Waals surface area contributed by atoms with Gasteiger partial charge in [-0.25, -0.2) is 0 Å². The molecular weight excluding hydrogens is 308 g/mol. The number of hydrogen-bond donors (Lipinski definition) is 1. The van der Waals surface area contributed by atoms with E-state index in [1.807, 2.05) is 24.3 Å². The van der Waals surface area contributed by atoms with Crippen LogP contribution in [0.2, 0.25) is 0 Å². The zero-order valence-electron chi connectivity index (χ0n) is 9.76.